The first kappa shape index (κ1) is 22.6. The Balaban J connectivity index is 1.61. The van der Waals surface area contributed by atoms with Gasteiger partial charge in [0.2, 0.25) is 5.91 Å². The number of anilines is 1. The zero-order chi connectivity index (χ0) is 22.9. The Morgan fingerprint density at radius 2 is 2.00 bits per heavy atom. The van der Waals surface area contributed by atoms with Crippen molar-refractivity contribution in [1.29, 1.82) is 0 Å². The number of sulfone groups is 1. The number of pyridine rings is 1. The Morgan fingerprint density at radius 3 is 2.59 bits per heavy atom. The second-order valence-corrected chi connectivity index (χ2v) is 11.2. The summed E-state index contributed by atoms with van der Waals surface area (Å²) in [5.41, 5.74) is -0.579. The van der Waals surface area contributed by atoms with Crippen LogP contribution in [0.15, 0.2) is 34.2 Å². The molecule has 32 heavy (non-hydrogen) atoms. The van der Waals surface area contributed by atoms with Gasteiger partial charge in [0.15, 0.2) is 15.0 Å². The number of hydrogen-bond donors (Lipinski definition) is 2. The van der Waals surface area contributed by atoms with Gasteiger partial charge >= 0.3 is 5.97 Å². The Hall–Kier alpha value is -2.57. The molecule has 1 atom stereocenters. The molecule has 1 amide bonds. The fourth-order valence-electron chi connectivity index (χ4n) is 3.74. The maximum absolute atomic E-state index is 13.1. The van der Waals surface area contributed by atoms with E-state index >= 15 is 0 Å². The van der Waals surface area contributed by atoms with Gasteiger partial charge in [0.25, 0.3) is 5.56 Å². The lowest BCUT2D eigenvalue weighted by molar-refractivity contribution is -0.120. The Labute approximate surface area is 188 Å². The lowest BCUT2D eigenvalue weighted by Gasteiger charge is -2.27. The molecule has 2 aromatic heterocycles. The number of thiazole rings is 1. The molecular formula is C20H23N3O7S2. The number of carbonyl (C=O) groups is 2. The maximum atomic E-state index is 13.1. The second-order valence-electron chi connectivity index (χ2n) is 7.98. The van der Waals surface area contributed by atoms with Gasteiger partial charge in [-0.1, -0.05) is 11.3 Å². The number of carboxylic acid groups (broad SMARTS) is 1. The van der Waals surface area contributed by atoms with Gasteiger partial charge in [-0.25, -0.2) is 18.2 Å². The van der Waals surface area contributed by atoms with E-state index in [1.165, 1.54) is 16.8 Å². The summed E-state index contributed by atoms with van der Waals surface area (Å²) in [6, 6.07) is 1.54. The van der Waals surface area contributed by atoms with Gasteiger partial charge in [-0.15, -0.1) is 0 Å². The number of ether oxygens (including phenoxy) is 1. The molecule has 1 aliphatic carbocycles. The molecule has 2 aromatic rings. The number of nitrogens with zero attached hydrogens (tertiary/aromatic N) is 2. The standard InChI is InChI=1S/C20H23N3O7S2/c24-17-10-14(32(28,29)13-1-2-13)3-6-23(17)15(9-12-4-7-30-8-5-12)18(25)22-20-21-11-16(31-20)19(26)27/h3,6,10-13,15H,1-2,4-5,7-9H2,(H,26,27)(H,21,22,25). The van der Waals surface area contributed by atoms with Crippen molar-refractivity contribution < 1.29 is 27.9 Å². The second kappa shape index (κ2) is 9.12. The summed E-state index contributed by atoms with van der Waals surface area (Å²) in [4.78, 5) is 40.9. The van der Waals surface area contributed by atoms with Crippen LogP contribution in [-0.2, 0) is 19.4 Å². The topological polar surface area (TPSA) is 145 Å². The van der Waals surface area contributed by atoms with Crippen LogP contribution in [0.1, 0.15) is 47.8 Å². The zero-order valence-electron chi connectivity index (χ0n) is 17.1. The van der Waals surface area contributed by atoms with Gasteiger partial charge in [0, 0.05) is 25.5 Å². The summed E-state index contributed by atoms with van der Waals surface area (Å²) >= 11 is 0.819. The van der Waals surface area contributed by atoms with Crippen LogP contribution < -0.4 is 10.9 Å². The minimum Gasteiger partial charge on any atom is -0.477 e. The van der Waals surface area contributed by atoms with Gasteiger partial charge in [-0.3, -0.25) is 9.59 Å². The molecule has 4 rings (SSSR count). The van der Waals surface area contributed by atoms with Crippen molar-refractivity contribution in [3.63, 3.8) is 0 Å². The summed E-state index contributed by atoms with van der Waals surface area (Å²) in [6.07, 6.45) is 5.53. The van der Waals surface area contributed by atoms with Crippen molar-refractivity contribution in [1.82, 2.24) is 9.55 Å². The molecule has 10 nitrogen and oxygen atoms in total. The van der Waals surface area contributed by atoms with E-state index in [0.29, 0.717) is 32.5 Å². The van der Waals surface area contributed by atoms with Crippen LogP contribution in [0.5, 0.6) is 0 Å². The lowest BCUT2D eigenvalue weighted by atomic mass is 9.92. The number of hydrogen-bond acceptors (Lipinski definition) is 8. The van der Waals surface area contributed by atoms with Gasteiger partial charge in [-0.05, 0) is 44.1 Å². The minimum absolute atomic E-state index is 0.0203. The van der Waals surface area contributed by atoms with E-state index in [1.807, 2.05) is 0 Å². The SMILES string of the molecule is O=C(O)c1cnc(NC(=O)C(CC2CCOCC2)n2ccc(S(=O)(=O)C3CC3)cc2=O)s1. The lowest BCUT2D eigenvalue weighted by Crippen LogP contribution is -2.35. The number of carboxylic acids is 1. The molecule has 0 spiro atoms. The van der Waals surface area contributed by atoms with Crippen LogP contribution in [0.3, 0.4) is 0 Å². The molecule has 0 bridgehead atoms. The van der Waals surface area contributed by atoms with E-state index in [2.05, 4.69) is 10.3 Å². The van der Waals surface area contributed by atoms with E-state index in [9.17, 15) is 22.8 Å². The molecule has 2 N–H and O–H groups in total. The highest BCUT2D eigenvalue weighted by atomic mass is 32.2. The summed E-state index contributed by atoms with van der Waals surface area (Å²) in [7, 11) is -3.53. The van der Waals surface area contributed by atoms with Crippen LogP contribution in [0.25, 0.3) is 0 Å². The number of amides is 1. The molecule has 3 heterocycles. The van der Waals surface area contributed by atoms with Crippen molar-refractivity contribution in [3.8, 4) is 0 Å². The molecule has 1 unspecified atom stereocenters. The molecule has 0 aromatic carbocycles. The monoisotopic (exact) mass is 481 g/mol. The average Bonchev–Trinajstić information content (AvgIpc) is 3.53. The molecule has 172 valence electrons. The Kier molecular flexibility index (Phi) is 6.45. The predicted molar refractivity (Wildman–Crippen MR) is 116 cm³/mol. The Bertz CT molecular complexity index is 1180. The van der Waals surface area contributed by atoms with Crippen molar-refractivity contribution in [3.05, 3.63) is 39.8 Å². The predicted octanol–water partition coefficient (Wildman–Crippen LogP) is 1.94. The third-order valence-electron chi connectivity index (χ3n) is 5.69. The molecule has 1 aliphatic heterocycles. The van der Waals surface area contributed by atoms with Crippen molar-refractivity contribution in [2.45, 2.75) is 48.3 Å². The molecule has 2 fully saturated rings. The van der Waals surface area contributed by atoms with E-state index in [4.69, 9.17) is 9.84 Å². The third-order valence-corrected chi connectivity index (χ3v) is 8.85. The molecule has 1 saturated carbocycles. The summed E-state index contributed by atoms with van der Waals surface area (Å²) in [6.45, 7) is 1.14. The molecule has 1 saturated heterocycles. The number of aromatic nitrogens is 2. The van der Waals surface area contributed by atoms with Gasteiger partial charge in [-0.2, -0.15) is 0 Å². The van der Waals surface area contributed by atoms with Crippen LogP contribution >= 0.6 is 11.3 Å². The summed E-state index contributed by atoms with van der Waals surface area (Å²) < 4.78 is 31.6. The zero-order valence-corrected chi connectivity index (χ0v) is 18.7. The van der Waals surface area contributed by atoms with Crippen molar-refractivity contribution in [2.24, 2.45) is 5.92 Å². The average molecular weight is 482 g/mol. The van der Waals surface area contributed by atoms with Crippen molar-refractivity contribution in [2.75, 3.05) is 18.5 Å². The van der Waals surface area contributed by atoms with E-state index in [0.717, 1.165) is 36.4 Å². The third kappa shape index (κ3) is 4.92. The van der Waals surface area contributed by atoms with Gasteiger partial charge in [0.05, 0.1) is 16.3 Å². The normalized spacial score (nSPS) is 18.2. The fraction of sp³-hybridized carbons (Fsp3) is 0.500. The fourth-order valence-corrected chi connectivity index (χ4v) is 6.06. The smallest absolute Gasteiger partial charge is 0.347 e. The van der Waals surface area contributed by atoms with Crippen LogP contribution in [-0.4, -0.2) is 53.4 Å². The largest absolute Gasteiger partial charge is 0.477 e. The number of aromatic carboxylic acids is 1. The Morgan fingerprint density at radius 1 is 1.28 bits per heavy atom. The van der Waals surface area contributed by atoms with Crippen molar-refractivity contribution >= 4 is 38.2 Å². The highest BCUT2D eigenvalue weighted by molar-refractivity contribution is 7.92. The number of carbonyl (C=O) groups excluding carboxylic acids is 1. The van der Waals surface area contributed by atoms with Gasteiger partial charge in [0.1, 0.15) is 10.9 Å². The van der Waals surface area contributed by atoms with E-state index < -0.39 is 38.6 Å². The van der Waals surface area contributed by atoms with Crippen LogP contribution in [0.2, 0.25) is 0 Å². The molecule has 0 radical (unpaired) electrons. The minimum atomic E-state index is -3.53. The van der Waals surface area contributed by atoms with E-state index in [1.54, 1.807) is 0 Å². The quantitative estimate of drug-likeness (QED) is 0.582. The molecule has 12 heteroatoms. The van der Waals surface area contributed by atoms with Crippen LogP contribution in [0, 0.1) is 5.92 Å². The highest BCUT2D eigenvalue weighted by Gasteiger charge is 2.37. The summed E-state index contributed by atoms with van der Waals surface area (Å²) in [5.74, 6) is -1.51. The van der Waals surface area contributed by atoms with E-state index in [-0.39, 0.29) is 20.8 Å². The molecular weight excluding hydrogens is 458 g/mol. The first-order valence-corrected chi connectivity index (χ1v) is 12.7. The highest BCUT2D eigenvalue weighted by Crippen LogP contribution is 2.33. The first-order chi connectivity index (χ1) is 15.3. The number of rotatable bonds is 8. The first-order valence-electron chi connectivity index (χ1n) is 10.3. The van der Waals surface area contributed by atoms with Gasteiger partial charge < -0.3 is 19.7 Å². The van der Waals surface area contributed by atoms with Crippen LogP contribution in [0.4, 0.5) is 5.13 Å². The summed E-state index contributed by atoms with van der Waals surface area (Å²) in [5, 5.41) is 11.3. The number of nitrogens with one attached hydrogen (secondary N) is 1. The molecule has 2 aliphatic rings. The maximum Gasteiger partial charge on any atom is 0.347 e.